The van der Waals surface area contributed by atoms with Crippen LogP contribution in [0.5, 0.6) is 0 Å². The Morgan fingerprint density at radius 1 is 1.35 bits per heavy atom. The summed E-state index contributed by atoms with van der Waals surface area (Å²) in [5, 5.41) is 0.595. The monoisotopic (exact) mass is 295 g/mol. The Hall–Kier alpha value is -1.55. The normalized spacial score (nSPS) is 15.6. The Labute approximate surface area is 123 Å². The second kappa shape index (κ2) is 6.27. The SMILES string of the molecule is CCOC(=O)[C@@H](c1ccc(Cl)cc1)N(C(C)=O)C1CC1. The van der Waals surface area contributed by atoms with E-state index in [4.69, 9.17) is 16.3 Å². The summed E-state index contributed by atoms with van der Waals surface area (Å²) in [6, 6.07) is 6.42. The fourth-order valence-electron chi connectivity index (χ4n) is 2.28. The van der Waals surface area contributed by atoms with E-state index in [0.29, 0.717) is 11.6 Å². The topological polar surface area (TPSA) is 46.6 Å². The summed E-state index contributed by atoms with van der Waals surface area (Å²) < 4.78 is 5.13. The van der Waals surface area contributed by atoms with Gasteiger partial charge >= 0.3 is 5.97 Å². The van der Waals surface area contributed by atoms with Gasteiger partial charge in [0.1, 0.15) is 0 Å². The summed E-state index contributed by atoms with van der Waals surface area (Å²) in [6.07, 6.45) is 1.87. The van der Waals surface area contributed by atoms with E-state index in [1.165, 1.54) is 6.92 Å². The van der Waals surface area contributed by atoms with Crippen LogP contribution in [0.2, 0.25) is 5.02 Å². The minimum atomic E-state index is -0.683. The summed E-state index contributed by atoms with van der Waals surface area (Å²) >= 11 is 5.88. The molecule has 0 N–H and O–H groups in total. The quantitative estimate of drug-likeness (QED) is 0.785. The first-order chi connectivity index (χ1) is 9.54. The number of hydrogen-bond donors (Lipinski definition) is 0. The Bertz CT molecular complexity index is 496. The molecule has 4 nitrogen and oxygen atoms in total. The lowest BCUT2D eigenvalue weighted by Crippen LogP contribution is -2.40. The highest BCUT2D eigenvalue weighted by atomic mass is 35.5. The van der Waals surface area contributed by atoms with Crippen molar-refractivity contribution in [1.29, 1.82) is 0 Å². The molecule has 0 aromatic heterocycles. The van der Waals surface area contributed by atoms with Crippen molar-refractivity contribution in [1.82, 2.24) is 4.90 Å². The Morgan fingerprint density at radius 2 is 1.95 bits per heavy atom. The molecule has 0 heterocycles. The molecule has 5 heteroatoms. The zero-order valence-corrected chi connectivity index (χ0v) is 12.4. The molecule has 1 saturated carbocycles. The number of esters is 1. The molecule has 0 saturated heterocycles. The summed E-state index contributed by atoms with van der Waals surface area (Å²) in [4.78, 5) is 25.8. The molecular formula is C15H18ClNO3. The van der Waals surface area contributed by atoms with Crippen molar-refractivity contribution < 1.29 is 14.3 Å². The van der Waals surface area contributed by atoms with Crippen molar-refractivity contribution in [2.24, 2.45) is 0 Å². The fourth-order valence-corrected chi connectivity index (χ4v) is 2.40. The van der Waals surface area contributed by atoms with Crippen molar-refractivity contribution in [2.45, 2.75) is 38.8 Å². The standard InChI is InChI=1S/C15H18ClNO3/c1-3-20-15(19)14(11-4-6-12(16)7-5-11)17(10(2)18)13-8-9-13/h4-7,13-14H,3,8-9H2,1-2H3/t14-/m1/s1. The molecule has 20 heavy (non-hydrogen) atoms. The minimum absolute atomic E-state index is 0.111. The van der Waals surface area contributed by atoms with Crippen LogP contribution in [-0.4, -0.2) is 29.4 Å². The highest BCUT2D eigenvalue weighted by Gasteiger charge is 2.40. The van der Waals surface area contributed by atoms with Crippen LogP contribution >= 0.6 is 11.6 Å². The molecule has 1 aromatic rings. The first-order valence-electron chi connectivity index (χ1n) is 6.75. The zero-order valence-electron chi connectivity index (χ0n) is 11.6. The summed E-state index contributed by atoms with van der Waals surface area (Å²) in [5.74, 6) is -0.502. The molecule has 0 spiro atoms. The first-order valence-corrected chi connectivity index (χ1v) is 7.13. The number of amides is 1. The number of carbonyl (C=O) groups excluding carboxylic acids is 2. The first kappa shape index (κ1) is 14.9. The van der Waals surface area contributed by atoms with Crippen LogP contribution in [-0.2, 0) is 14.3 Å². The maximum atomic E-state index is 12.3. The molecule has 0 unspecified atom stereocenters. The van der Waals surface area contributed by atoms with Gasteiger partial charge in [-0.05, 0) is 37.5 Å². The summed E-state index contributed by atoms with van der Waals surface area (Å²) in [7, 11) is 0. The van der Waals surface area contributed by atoms with Gasteiger partial charge in [0, 0.05) is 18.0 Å². The van der Waals surface area contributed by atoms with Crippen LogP contribution in [0.25, 0.3) is 0 Å². The third-order valence-corrected chi connectivity index (χ3v) is 3.53. The average Bonchev–Trinajstić information content (AvgIpc) is 3.21. The second-order valence-corrected chi connectivity index (χ2v) is 5.30. The van der Waals surface area contributed by atoms with Crippen molar-refractivity contribution in [3.63, 3.8) is 0 Å². The van der Waals surface area contributed by atoms with Gasteiger partial charge in [-0.15, -0.1) is 0 Å². The second-order valence-electron chi connectivity index (χ2n) is 4.86. The van der Waals surface area contributed by atoms with Gasteiger partial charge in [0.2, 0.25) is 5.91 Å². The minimum Gasteiger partial charge on any atom is -0.464 e. The van der Waals surface area contributed by atoms with Crippen molar-refractivity contribution in [3.8, 4) is 0 Å². The number of carbonyl (C=O) groups is 2. The lowest BCUT2D eigenvalue weighted by atomic mass is 10.0. The third kappa shape index (κ3) is 3.31. The third-order valence-electron chi connectivity index (χ3n) is 3.28. The van der Waals surface area contributed by atoms with E-state index in [2.05, 4.69) is 0 Å². The Kier molecular flexibility index (Phi) is 4.65. The molecule has 0 aliphatic heterocycles. The molecule has 1 atom stereocenters. The van der Waals surface area contributed by atoms with Crippen molar-refractivity contribution in [2.75, 3.05) is 6.61 Å². The number of hydrogen-bond acceptors (Lipinski definition) is 3. The van der Waals surface area contributed by atoms with Gasteiger partial charge in [-0.25, -0.2) is 4.79 Å². The number of ether oxygens (including phenoxy) is 1. The predicted octanol–water partition coefficient (Wildman–Crippen LogP) is 2.96. The van der Waals surface area contributed by atoms with Crippen LogP contribution in [0.4, 0.5) is 0 Å². The Morgan fingerprint density at radius 3 is 2.40 bits per heavy atom. The smallest absolute Gasteiger partial charge is 0.333 e. The van der Waals surface area contributed by atoms with E-state index in [9.17, 15) is 9.59 Å². The van der Waals surface area contributed by atoms with Crippen LogP contribution in [0, 0.1) is 0 Å². The van der Waals surface area contributed by atoms with Crippen LogP contribution in [0.15, 0.2) is 24.3 Å². The molecule has 1 aliphatic carbocycles. The lowest BCUT2D eigenvalue weighted by molar-refractivity contribution is -0.155. The highest BCUT2D eigenvalue weighted by molar-refractivity contribution is 6.30. The predicted molar refractivity (Wildman–Crippen MR) is 76.4 cm³/mol. The van der Waals surface area contributed by atoms with Crippen molar-refractivity contribution in [3.05, 3.63) is 34.9 Å². The number of benzene rings is 1. The van der Waals surface area contributed by atoms with Gasteiger partial charge in [0.15, 0.2) is 6.04 Å². The van der Waals surface area contributed by atoms with Gasteiger partial charge in [-0.1, -0.05) is 23.7 Å². The van der Waals surface area contributed by atoms with E-state index >= 15 is 0 Å². The largest absolute Gasteiger partial charge is 0.464 e. The van der Waals surface area contributed by atoms with E-state index in [1.54, 1.807) is 36.1 Å². The number of halogens is 1. The van der Waals surface area contributed by atoms with Gasteiger partial charge in [-0.2, -0.15) is 0 Å². The van der Waals surface area contributed by atoms with E-state index < -0.39 is 12.0 Å². The van der Waals surface area contributed by atoms with E-state index in [1.807, 2.05) is 0 Å². The molecule has 2 rings (SSSR count). The molecule has 1 aromatic carbocycles. The maximum Gasteiger partial charge on any atom is 0.333 e. The zero-order chi connectivity index (χ0) is 14.7. The lowest BCUT2D eigenvalue weighted by Gasteiger charge is -2.29. The number of rotatable bonds is 5. The summed E-state index contributed by atoms with van der Waals surface area (Å²) in [6.45, 7) is 3.53. The van der Waals surface area contributed by atoms with Crippen LogP contribution in [0.3, 0.4) is 0 Å². The van der Waals surface area contributed by atoms with Gasteiger partial charge < -0.3 is 9.64 Å². The fraction of sp³-hybridized carbons (Fsp3) is 0.467. The maximum absolute atomic E-state index is 12.3. The van der Waals surface area contributed by atoms with Crippen LogP contribution in [0.1, 0.15) is 38.3 Å². The molecule has 108 valence electrons. The van der Waals surface area contributed by atoms with Gasteiger partial charge in [0.25, 0.3) is 0 Å². The molecule has 1 aliphatic rings. The van der Waals surface area contributed by atoms with Gasteiger partial charge in [-0.3, -0.25) is 4.79 Å². The highest BCUT2D eigenvalue weighted by Crippen LogP contribution is 2.35. The van der Waals surface area contributed by atoms with Crippen LogP contribution < -0.4 is 0 Å². The molecule has 1 fully saturated rings. The molecule has 0 bridgehead atoms. The molecule has 1 amide bonds. The summed E-state index contributed by atoms with van der Waals surface area (Å²) in [5.41, 5.74) is 0.731. The molecule has 0 radical (unpaired) electrons. The van der Waals surface area contributed by atoms with E-state index in [0.717, 1.165) is 18.4 Å². The average molecular weight is 296 g/mol. The van der Waals surface area contributed by atoms with Crippen molar-refractivity contribution >= 4 is 23.5 Å². The Balaban J connectivity index is 2.34. The number of nitrogens with zero attached hydrogens (tertiary/aromatic N) is 1. The van der Waals surface area contributed by atoms with E-state index in [-0.39, 0.29) is 11.9 Å². The van der Waals surface area contributed by atoms with Gasteiger partial charge in [0.05, 0.1) is 6.61 Å². The molecular weight excluding hydrogens is 278 g/mol.